The van der Waals surface area contributed by atoms with Crippen molar-refractivity contribution in [2.75, 3.05) is 11.4 Å². The van der Waals surface area contributed by atoms with E-state index in [9.17, 15) is 4.39 Å². The number of benzene rings is 1. The van der Waals surface area contributed by atoms with Gasteiger partial charge in [0.1, 0.15) is 5.82 Å². The number of rotatable bonds is 6. The highest BCUT2D eigenvalue weighted by molar-refractivity contribution is 5.58. The fraction of sp³-hybridized carbons (Fsp3) is 0.375. The molecule has 0 atom stereocenters. The Hall–Kier alpha value is -2.01. The number of hydrogen-bond donors (Lipinski definition) is 1. The average molecular weight is 288 g/mol. The molecule has 2 rings (SSSR count). The summed E-state index contributed by atoms with van der Waals surface area (Å²) in [6.45, 7) is 7.63. The Balaban J connectivity index is 2.21. The summed E-state index contributed by atoms with van der Waals surface area (Å²) in [5.41, 5.74) is 1.80. The molecule has 0 fully saturated rings. The summed E-state index contributed by atoms with van der Waals surface area (Å²) in [5.74, 6) is 0.530. The second-order valence-electron chi connectivity index (χ2n) is 5.12. The molecule has 1 aromatic carbocycles. The predicted octanol–water partition coefficient (Wildman–Crippen LogP) is 3.27. The van der Waals surface area contributed by atoms with Crippen LogP contribution in [-0.4, -0.2) is 22.6 Å². The molecule has 5 heteroatoms. The Morgan fingerprint density at radius 1 is 1.19 bits per heavy atom. The summed E-state index contributed by atoms with van der Waals surface area (Å²) in [6.07, 6.45) is 3.49. The monoisotopic (exact) mass is 288 g/mol. The van der Waals surface area contributed by atoms with Crippen LogP contribution < -0.4 is 10.2 Å². The molecule has 4 nitrogen and oxygen atoms in total. The van der Waals surface area contributed by atoms with E-state index in [1.54, 1.807) is 24.5 Å². The Kier molecular flexibility index (Phi) is 5.22. The van der Waals surface area contributed by atoms with Crippen molar-refractivity contribution >= 4 is 11.5 Å². The maximum Gasteiger partial charge on any atom is 0.151 e. The fourth-order valence-electron chi connectivity index (χ4n) is 2.02. The molecule has 0 radical (unpaired) electrons. The van der Waals surface area contributed by atoms with E-state index in [0.717, 1.165) is 23.7 Å². The fourth-order valence-corrected chi connectivity index (χ4v) is 2.02. The van der Waals surface area contributed by atoms with Crippen LogP contribution in [0.2, 0.25) is 0 Å². The third kappa shape index (κ3) is 4.23. The molecule has 0 bridgehead atoms. The molecule has 0 saturated carbocycles. The second-order valence-corrected chi connectivity index (χ2v) is 5.12. The van der Waals surface area contributed by atoms with E-state index < -0.39 is 0 Å². The van der Waals surface area contributed by atoms with Crippen LogP contribution in [0.3, 0.4) is 0 Å². The first-order valence-electron chi connectivity index (χ1n) is 7.17. The third-order valence-corrected chi connectivity index (χ3v) is 3.09. The Labute approximate surface area is 125 Å². The van der Waals surface area contributed by atoms with Crippen molar-refractivity contribution in [2.24, 2.45) is 0 Å². The van der Waals surface area contributed by atoms with Gasteiger partial charge in [0.05, 0.1) is 11.9 Å². The lowest BCUT2D eigenvalue weighted by Gasteiger charge is -2.22. The molecule has 1 heterocycles. The predicted molar refractivity (Wildman–Crippen MR) is 83.1 cm³/mol. The van der Waals surface area contributed by atoms with Gasteiger partial charge in [-0.1, -0.05) is 13.8 Å². The molecule has 1 N–H and O–H groups in total. The van der Waals surface area contributed by atoms with Gasteiger partial charge in [-0.2, -0.15) is 0 Å². The van der Waals surface area contributed by atoms with Gasteiger partial charge in [0.15, 0.2) is 5.82 Å². The van der Waals surface area contributed by atoms with Gasteiger partial charge >= 0.3 is 0 Å². The molecule has 0 spiro atoms. The highest BCUT2D eigenvalue weighted by atomic mass is 19.1. The van der Waals surface area contributed by atoms with Gasteiger partial charge < -0.3 is 10.2 Å². The minimum atomic E-state index is -0.240. The number of halogens is 1. The van der Waals surface area contributed by atoms with Gasteiger partial charge in [0.2, 0.25) is 0 Å². The van der Waals surface area contributed by atoms with Crippen molar-refractivity contribution in [3.05, 3.63) is 48.2 Å². The van der Waals surface area contributed by atoms with Gasteiger partial charge in [-0.25, -0.2) is 9.37 Å². The Morgan fingerprint density at radius 3 is 2.52 bits per heavy atom. The Bertz CT molecular complexity index is 569. The van der Waals surface area contributed by atoms with Crippen LogP contribution in [0.15, 0.2) is 36.7 Å². The number of nitrogens with one attached hydrogen (secondary N) is 1. The lowest BCUT2D eigenvalue weighted by molar-refractivity contribution is 0.580. The molecule has 0 aliphatic heterocycles. The van der Waals surface area contributed by atoms with Crippen molar-refractivity contribution in [3.63, 3.8) is 0 Å². The molecular formula is C16H21FN4. The molecule has 0 amide bonds. The quantitative estimate of drug-likeness (QED) is 0.885. The van der Waals surface area contributed by atoms with Crippen LogP contribution in [0, 0.1) is 5.82 Å². The number of anilines is 2. The van der Waals surface area contributed by atoms with E-state index in [4.69, 9.17) is 0 Å². The molecule has 2 aromatic rings. The Morgan fingerprint density at radius 2 is 1.90 bits per heavy atom. The van der Waals surface area contributed by atoms with E-state index in [1.165, 1.54) is 12.1 Å². The second kappa shape index (κ2) is 7.13. The largest absolute Gasteiger partial charge is 0.325 e. The van der Waals surface area contributed by atoms with Crippen molar-refractivity contribution < 1.29 is 4.39 Å². The van der Waals surface area contributed by atoms with E-state index in [2.05, 4.69) is 29.1 Å². The van der Waals surface area contributed by atoms with Crippen LogP contribution in [-0.2, 0) is 6.54 Å². The van der Waals surface area contributed by atoms with Crippen LogP contribution in [0.4, 0.5) is 15.9 Å². The van der Waals surface area contributed by atoms with Crippen LogP contribution in [0.5, 0.6) is 0 Å². The van der Waals surface area contributed by atoms with Crippen molar-refractivity contribution in [1.82, 2.24) is 15.3 Å². The molecule has 0 unspecified atom stereocenters. The zero-order chi connectivity index (χ0) is 15.2. The van der Waals surface area contributed by atoms with Gasteiger partial charge in [-0.3, -0.25) is 4.98 Å². The lowest BCUT2D eigenvalue weighted by Crippen LogP contribution is -2.23. The van der Waals surface area contributed by atoms with E-state index in [1.807, 2.05) is 11.8 Å². The maximum absolute atomic E-state index is 13.0. The number of hydrogen-bond acceptors (Lipinski definition) is 4. The normalized spacial score (nSPS) is 10.9. The minimum absolute atomic E-state index is 0.240. The maximum atomic E-state index is 13.0. The molecule has 0 aliphatic carbocycles. The summed E-state index contributed by atoms with van der Waals surface area (Å²) < 4.78 is 13.0. The molecule has 1 aromatic heterocycles. The van der Waals surface area contributed by atoms with E-state index in [-0.39, 0.29) is 5.82 Å². The van der Waals surface area contributed by atoms with Gasteiger partial charge in [-0.05, 0) is 31.2 Å². The van der Waals surface area contributed by atoms with E-state index >= 15 is 0 Å². The first-order chi connectivity index (χ1) is 10.1. The zero-order valence-corrected chi connectivity index (χ0v) is 12.7. The lowest BCUT2D eigenvalue weighted by atomic mass is 10.2. The van der Waals surface area contributed by atoms with Crippen LogP contribution in [0.1, 0.15) is 26.5 Å². The molecule has 0 saturated heterocycles. The smallest absolute Gasteiger partial charge is 0.151 e. The van der Waals surface area contributed by atoms with Gasteiger partial charge in [0, 0.05) is 31.0 Å². The SMILES string of the molecule is CCN(c1ccc(F)cc1)c1cncc(CNC(C)C)n1. The molecule has 112 valence electrons. The highest BCUT2D eigenvalue weighted by Crippen LogP contribution is 2.22. The first kappa shape index (κ1) is 15.4. The molecule has 0 aliphatic rings. The van der Waals surface area contributed by atoms with Crippen molar-refractivity contribution in [3.8, 4) is 0 Å². The third-order valence-electron chi connectivity index (χ3n) is 3.09. The summed E-state index contributed by atoms with van der Waals surface area (Å²) in [5, 5.41) is 3.32. The summed E-state index contributed by atoms with van der Waals surface area (Å²) in [4.78, 5) is 10.9. The number of nitrogens with zero attached hydrogens (tertiary/aromatic N) is 3. The van der Waals surface area contributed by atoms with Crippen LogP contribution >= 0.6 is 0 Å². The number of aromatic nitrogens is 2. The zero-order valence-electron chi connectivity index (χ0n) is 12.7. The molecular weight excluding hydrogens is 267 g/mol. The average Bonchev–Trinajstić information content (AvgIpc) is 2.48. The summed E-state index contributed by atoms with van der Waals surface area (Å²) in [7, 11) is 0. The summed E-state index contributed by atoms with van der Waals surface area (Å²) >= 11 is 0. The molecule has 21 heavy (non-hydrogen) atoms. The minimum Gasteiger partial charge on any atom is -0.325 e. The highest BCUT2D eigenvalue weighted by Gasteiger charge is 2.10. The van der Waals surface area contributed by atoms with Crippen molar-refractivity contribution in [1.29, 1.82) is 0 Å². The van der Waals surface area contributed by atoms with E-state index in [0.29, 0.717) is 12.6 Å². The summed E-state index contributed by atoms with van der Waals surface area (Å²) in [6, 6.07) is 6.81. The van der Waals surface area contributed by atoms with Crippen molar-refractivity contribution in [2.45, 2.75) is 33.4 Å². The standard InChI is InChI=1S/C16H21FN4/c1-4-21(15-7-5-13(17)6-8-15)16-11-18-9-14(20-16)10-19-12(2)3/h5-9,11-12,19H,4,10H2,1-3H3. The first-order valence-corrected chi connectivity index (χ1v) is 7.17. The van der Waals surface area contributed by atoms with Crippen LogP contribution in [0.25, 0.3) is 0 Å². The topological polar surface area (TPSA) is 41.1 Å². The van der Waals surface area contributed by atoms with Gasteiger partial charge in [0.25, 0.3) is 0 Å². The van der Waals surface area contributed by atoms with Gasteiger partial charge in [-0.15, -0.1) is 0 Å².